The summed E-state index contributed by atoms with van der Waals surface area (Å²) in [5.74, 6) is -0.925. The van der Waals surface area contributed by atoms with Gasteiger partial charge < -0.3 is 19.5 Å². The van der Waals surface area contributed by atoms with Crippen LogP contribution in [0.15, 0.2) is 54.1 Å². The fourth-order valence-electron chi connectivity index (χ4n) is 4.28. The number of aryl methyl sites for hydroxylation is 1. The van der Waals surface area contributed by atoms with Gasteiger partial charge in [-0.3, -0.25) is 9.59 Å². The van der Waals surface area contributed by atoms with E-state index in [4.69, 9.17) is 9.47 Å². The van der Waals surface area contributed by atoms with Crippen LogP contribution in [0.4, 0.5) is 0 Å². The van der Waals surface area contributed by atoms with E-state index in [1.807, 2.05) is 24.3 Å². The number of Topliss-reactive ketones (excluding diaryl/α,β-unsaturated/α-hetero) is 1. The van der Waals surface area contributed by atoms with Crippen molar-refractivity contribution in [2.45, 2.75) is 38.3 Å². The molecule has 2 aromatic carbocycles. The third kappa shape index (κ3) is 4.08. The van der Waals surface area contributed by atoms with Crippen LogP contribution in [0.2, 0.25) is 0 Å². The lowest BCUT2D eigenvalue weighted by molar-refractivity contribution is -0.140. The van der Waals surface area contributed by atoms with Crippen LogP contribution in [-0.4, -0.2) is 48.1 Å². The Morgan fingerprint density at radius 1 is 1.19 bits per heavy atom. The van der Waals surface area contributed by atoms with E-state index in [1.54, 1.807) is 29.2 Å². The van der Waals surface area contributed by atoms with Crippen LogP contribution >= 0.6 is 0 Å². The zero-order valence-electron chi connectivity index (χ0n) is 17.8. The van der Waals surface area contributed by atoms with Gasteiger partial charge in [-0.2, -0.15) is 0 Å². The van der Waals surface area contributed by atoms with Gasteiger partial charge in [0.15, 0.2) is 0 Å². The molecule has 1 N–H and O–H groups in total. The molecule has 2 saturated heterocycles. The molecule has 2 unspecified atom stereocenters. The summed E-state index contributed by atoms with van der Waals surface area (Å²) in [6.07, 6.45) is 2.57. The molecular formula is C25H27NO5. The lowest BCUT2D eigenvalue weighted by atomic mass is 9.94. The Labute approximate surface area is 182 Å². The molecule has 2 aliphatic rings. The maximum absolute atomic E-state index is 13.1. The number of hydrogen-bond donors (Lipinski definition) is 1. The van der Waals surface area contributed by atoms with Crippen LogP contribution in [0.5, 0.6) is 5.75 Å². The van der Waals surface area contributed by atoms with Crippen LogP contribution < -0.4 is 4.74 Å². The summed E-state index contributed by atoms with van der Waals surface area (Å²) in [4.78, 5) is 27.7. The second kappa shape index (κ2) is 8.94. The SMILES string of the molecule is CCc1ccc(C2/C(=C(/O)c3cccc(OC)c3)C(=O)C(=O)N2CC2CCCO2)cc1. The van der Waals surface area contributed by atoms with Gasteiger partial charge in [0.1, 0.15) is 11.5 Å². The fourth-order valence-corrected chi connectivity index (χ4v) is 4.28. The summed E-state index contributed by atoms with van der Waals surface area (Å²) in [5, 5.41) is 11.1. The Bertz CT molecular complexity index is 1000. The number of aliphatic hydroxyl groups is 1. The zero-order chi connectivity index (χ0) is 22.0. The van der Waals surface area contributed by atoms with Gasteiger partial charge in [0.05, 0.1) is 24.8 Å². The second-order valence-corrected chi connectivity index (χ2v) is 7.91. The van der Waals surface area contributed by atoms with Crippen LogP contribution in [0.1, 0.15) is 42.5 Å². The molecule has 4 rings (SSSR count). The molecule has 0 radical (unpaired) electrons. The summed E-state index contributed by atoms with van der Waals surface area (Å²) < 4.78 is 11.0. The molecule has 0 saturated carbocycles. The highest BCUT2D eigenvalue weighted by atomic mass is 16.5. The number of hydrogen-bond acceptors (Lipinski definition) is 5. The number of amides is 1. The van der Waals surface area contributed by atoms with E-state index in [9.17, 15) is 14.7 Å². The van der Waals surface area contributed by atoms with E-state index in [-0.39, 0.29) is 17.4 Å². The first-order valence-corrected chi connectivity index (χ1v) is 10.7. The normalized spacial score (nSPS) is 22.8. The molecule has 0 bridgehead atoms. The van der Waals surface area contributed by atoms with E-state index in [2.05, 4.69) is 6.92 Å². The number of benzene rings is 2. The van der Waals surface area contributed by atoms with Gasteiger partial charge in [0.25, 0.3) is 11.7 Å². The molecule has 0 aliphatic carbocycles. The minimum absolute atomic E-state index is 0.0977. The van der Waals surface area contributed by atoms with Gasteiger partial charge in [0, 0.05) is 18.7 Å². The highest BCUT2D eigenvalue weighted by Gasteiger charge is 2.47. The number of likely N-dealkylation sites (tertiary alicyclic amines) is 1. The van der Waals surface area contributed by atoms with Crippen molar-refractivity contribution in [3.05, 3.63) is 70.8 Å². The first-order valence-electron chi connectivity index (χ1n) is 10.7. The predicted octanol–water partition coefficient (Wildman–Crippen LogP) is 3.86. The molecule has 1 amide bonds. The predicted molar refractivity (Wildman–Crippen MR) is 117 cm³/mol. The Morgan fingerprint density at radius 3 is 2.61 bits per heavy atom. The van der Waals surface area contributed by atoms with Crippen molar-refractivity contribution in [3.63, 3.8) is 0 Å². The summed E-state index contributed by atoms with van der Waals surface area (Å²) in [5.41, 5.74) is 2.48. The first kappa shape index (κ1) is 21.1. The highest BCUT2D eigenvalue weighted by Crippen LogP contribution is 2.40. The number of methoxy groups -OCH3 is 1. The molecule has 2 heterocycles. The molecule has 2 aromatic rings. The van der Waals surface area contributed by atoms with Crippen molar-refractivity contribution in [1.29, 1.82) is 0 Å². The number of aliphatic hydroxyl groups excluding tert-OH is 1. The topological polar surface area (TPSA) is 76.1 Å². The molecule has 2 aliphatic heterocycles. The first-order chi connectivity index (χ1) is 15.0. The fraction of sp³-hybridized carbons (Fsp3) is 0.360. The summed E-state index contributed by atoms with van der Waals surface area (Å²) in [6.45, 7) is 3.05. The van der Waals surface area contributed by atoms with Crippen molar-refractivity contribution in [2.75, 3.05) is 20.3 Å². The maximum Gasteiger partial charge on any atom is 0.295 e. The number of nitrogens with zero attached hydrogens (tertiary/aromatic N) is 1. The van der Waals surface area contributed by atoms with Crippen LogP contribution in [0, 0.1) is 0 Å². The third-order valence-corrected chi connectivity index (χ3v) is 6.01. The largest absolute Gasteiger partial charge is 0.507 e. The maximum atomic E-state index is 13.1. The third-order valence-electron chi connectivity index (χ3n) is 6.01. The molecule has 6 nitrogen and oxygen atoms in total. The molecule has 2 fully saturated rings. The number of ketones is 1. The van der Waals surface area contributed by atoms with Crippen molar-refractivity contribution in [3.8, 4) is 5.75 Å². The van der Waals surface area contributed by atoms with E-state index in [1.165, 1.54) is 7.11 Å². The smallest absolute Gasteiger partial charge is 0.295 e. The average Bonchev–Trinajstić information content (AvgIpc) is 3.41. The van der Waals surface area contributed by atoms with Crippen molar-refractivity contribution in [1.82, 2.24) is 4.90 Å². The van der Waals surface area contributed by atoms with E-state index in [0.29, 0.717) is 24.5 Å². The minimum Gasteiger partial charge on any atom is -0.507 e. The Morgan fingerprint density at radius 2 is 1.97 bits per heavy atom. The molecular weight excluding hydrogens is 394 g/mol. The highest BCUT2D eigenvalue weighted by molar-refractivity contribution is 6.46. The number of carbonyl (C=O) groups excluding carboxylic acids is 2. The van der Waals surface area contributed by atoms with Crippen molar-refractivity contribution >= 4 is 17.4 Å². The molecule has 0 aromatic heterocycles. The van der Waals surface area contributed by atoms with Gasteiger partial charge in [-0.25, -0.2) is 0 Å². The summed E-state index contributed by atoms with van der Waals surface area (Å²) in [6, 6.07) is 14.0. The monoisotopic (exact) mass is 421 g/mol. The second-order valence-electron chi connectivity index (χ2n) is 7.91. The van der Waals surface area contributed by atoms with Gasteiger partial charge in [-0.05, 0) is 42.5 Å². The van der Waals surface area contributed by atoms with Crippen LogP contribution in [0.3, 0.4) is 0 Å². The Balaban J connectivity index is 1.81. The van der Waals surface area contributed by atoms with Gasteiger partial charge in [0.2, 0.25) is 0 Å². The van der Waals surface area contributed by atoms with Crippen LogP contribution in [0.25, 0.3) is 5.76 Å². The van der Waals surface area contributed by atoms with Gasteiger partial charge in [-0.1, -0.05) is 43.3 Å². The lowest BCUT2D eigenvalue weighted by Gasteiger charge is -2.27. The number of carbonyl (C=O) groups is 2. The molecule has 162 valence electrons. The molecule has 31 heavy (non-hydrogen) atoms. The number of rotatable bonds is 6. The molecule has 6 heteroatoms. The Hall–Kier alpha value is -3.12. The minimum atomic E-state index is -0.678. The Kier molecular flexibility index (Phi) is 6.09. The van der Waals surface area contributed by atoms with E-state index in [0.717, 1.165) is 30.4 Å². The summed E-state index contributed by atoms with van der Waals surface area (Å²) >= 11 is 0. The summed E-state index contributed by atoms with van der Waals surface area (Å²) in [7, 11) is 1.54. The zero-order valence-corrected chi connectivity index (χ0v) is 17.8. The average molecular weight is 421 g/mol. The van der Waals surface area contributed by atoms with Crippen LogP contribution in [-0.2, 0) is 20.7 Å². The van der Waals surface area contributed by atoms with E-state index < -0.39 is 17.7 Å². The molecule has 2 atom stereocenters. The lowest BCUT2D eigenvalue weighted by Crippen LogP contribution is -2.36. The number of ether oxygens (including phenoxy) is 2. The van der Waals surface area contributed by atoms with Gasteiger partial charge in [-0.15, -0.1) is 0 Å². The van der Waals surface area contributed by atoms with Gasteiger partial charge >= 0.3 is 0 Å². The van der Waals surface area contributed by atoms with Crippen molar-refractivity contribution < 1.29 is 24.2 Å². The quantitative estimate of drug-likeness (QED) is 0.436. The van der Waals surface area contributed by atoms with E-state index >= 15 is 0 Å². The van der Waals surface area contributed by atoms with Crippen molar-refractivity contribution in [2.24, 2.45) is 0 Å². The molecule has 0 spiro atoms. The standard InChI is InChI=1S/C25H27NO5/c1-3-16-9-11-17(12-10-16)22-21(23(27)18-6-4-7-19(14-18)30-2)24(28)25(29)26(22)15-20-8-5-13-31-20/h4,6-7,9-12,14,20,22,27H,3,5,8,13,15H2,1-2H3/b23-21-.